The number of rotatable bonds is 4. The van der Waals surface area contributed by atoms with Crippen LogP contribution >= 0.6 is 0 Å². The normalized spacial score (nSPS) is 17.4. The first kappa shape index (κ1) is 16.7. The highest BCUT2D eigenvalue weighted by atomic mass is 19.1. The van der Waals surface area contributed by atoms with E-state index >= 15 is 0 Å². The summed E-state index contributed by atoms with van der Waals surface area (Å²) in [6, 6.07) is 2.19. The Morgan fingerprint density at radius 2 is 2.00 bits per heavy atom. The van der Waals surface area contributed by atoms with Gasteiger partial charge in [0.2, 0.25) is 0 Å². The smallest absolute Gasteiger partial charge is 0.259 e. The molecule has 1 N–H and O–H groups in total. The number of likely N-dealkylation sites (tertiary alicyclic amines) is 1. The minimum absolute atomic E-state index is 0.0629. The summed E-state index contributed by atoms with van der Waals surface area (Å²) in [4.78, 5) is 13.9. The molecule has 2 rings (SSSR count). The molecule has 22 heavy (non-hydrogen) atoms. The lowest BCUT2D eigenvalue weighted by atomic mass is 9.77. The van der Waals surface area contributed by atoms with Gasteiger partial charge < -0.3 is 14.7 Å². The Morgan fingerprint density at radius 1 is 1.36 bits per heavy atom. The van der Waals surface area contributed by atoms with Crippen molar-refractivity contribution in [3.05, 3.63) is 29.3 Å². The number of carbonyl (C=O) groups is 1. The van der Waals surface area contributed by atoms with Crippen LogP contribution in [0.3, 0.4) is 0 Å². The lowest BCUT2D eigenvalue weighted by Gasteiger charge is -2.40. The first-order chi connectivity index (χ1) is 10.5. The highest BCUT2D eigenvalue weighted by Crippen LogP contribution is 2.35. The minimum atomic E-state index is -0.970. The summed E-state index contributed by atoms with van der Waals surface area (Å²) in [6.07, 6.45) is 2.06. The summed E-state index contributed by atoms with van der Waals surface area (Å²) in [6.45, 7) is 2.81. The van der Waals surface area contributed by atoms with Crippen LogP contribution in [0.1, 0.15) is 36.5 Å². The van der Waals surface area contributed by atoms with E-state index in [4.69, 9.17) is 4.74 Å². The fraction of sp³-hybridized carbons (Fsp3) is 0.562. The van der Waals surface area contributed by atoms with E-state index in [2.05, 4.69) is 0 Å². The molecular formula is C16H21F2NO3. The summed E-state index contributed by atoms with van der Waals surface area (Å²) in [5.41, 5.74) is -0.769. The topological polar surface area (TPSA) is 49.8 Å². The summed E-state index contributed by atoms with van der Waals surface area (Å²) in [5, 5.41) is 9.50. The molecule has 122 valence electrons. The lowest BCUT2D eigenvalue weighted by molar-refractivity contribution is 0.0332. The van der Waals surface area contributed by atoms with Gasteiger partial charge in [0.15, 0.2) is 11.6 Å². The number of aliphatic hydroxyl groups is 1. The maximum Gasteiger partial charge on any atom is 0.259 e. The maximum absolute atomic E-state index is 14.2. The van der Waals surface area contributed by atoms with Crippen molar-refractivity contribution < 1.29 is 23.4 Å². The van der Waals surface area contributed by atoms with E-state index in [1.165, 1.54) is 12.0 Å². The average molecular weight is 313 g/mol. The van der Waals surface area contributed by atoms with Crippen LogP contribution < -0.4 is 4.74 Å². The second-order valence-electron chi connectivity index (χ2n) is 5.74. The number of halogens is 2. The van der Waals surface area contributed by atoms with Crippen LogP contribution in [0, 0.1) is 17.0 Å². The van der Waals surface area contributed by atoms with E-state index in [0.717, 1.165) is 18.6 Å². The zero-order chi connectivity index (χ0) is 16.3. The first-order valence-electron chi connectivity index (χ1n) is 7.40. The van der Waals surface area contributed by atoms with Crippen molar-refractivity contribution in [3.63, 3.8) is 0 Å². The molecule has 0 spiro atoms. The molecular weight excluding hydrogens is 292 g/mol. The number of hydrogen-bond acceptors (Lipinski definition) is 3. The van der Waals surface area contributed by atoms with E-state index in [1.54, 1.807) is 0 Å². The van der Waals surface area contributed by atoms with E-state index in [0.29, 0.717) is 25.9 Å². The summed E-state index contributed by atoms with van der Waals surface area (Å²) < 4.78 is 32.8. The number of aliphatic hydroxyl groups excluding tert-OH is 1. The Morgan fingerprint density at radius 3 is 2.50 bits per heavy atom. The van der Waals surface area contributed by atoms with Gasteiger partial charge in [-0.1, -0.05) is 6.92 Å². The standard InChI is InChI=1S/C16H21F2NO3/c1-3-16(10-20)6-8-19(9-7-16)15(21)13-11(17)4-5-12(22-2)14(13)18/h4-5,20H,3,6-10H2,1-2H3. The Balaban J connectivity index is 2.21. The molecule has 6 heteroatoms. The molecule has 1 aliphatic rings. The minimum Gasteiger partial charge on any atom is -0.494 e. The van der Waals surface area contributed by atoms with Crippen molar-refractivity contribution in [1.29, 1.82) is 0 Å². The molecule has 1 heterocycles. The van der Waals surface area contributed by atoms with Gasteiger partial charge in [0, 0.05) is 19.7 Å². The fourth-order valence-corrected chi connectivity index (χ4v) is 2.85. The molecule has 1 aliphatic heterocycles. The van der Waals surface area contributed by atoms with Crippen LogP contribution in [0.5, 0.6) is 5.75 Å². The van der Waals surface area contributed by atoms with E-state index in [1.807, 2.05) is 6.92 Å². The van der Waals surface area contributed by atoms with Gasteiger partial charge in [0.05, 0.1) is 7.11 Å². The molecule has 1 fully saturated rings. The first-order valence-corrected chi connectivity index (χ1v) is 7.40. The SMILES string of the molecule is CCC1(CO)CCN(C(=O)c2c(F)ccc(OC)c2F)CC1. The van der Waals surface area contributed by atoms with Crippen molar-refractivity contribution in [2.45, 2.75) is 26.2 Å². The maximum atomic E-state index is 14.2. The van der Waals surface area contributed by atoms with Crippen LogP contribution in [0.2, 0.25) is 0 Å². The van der Waals surface area contributed by atoms with Gasteiger partial charge in [-0.3, -0.25) is 4.79 Å². The zero-order valence-corrected chi connectivity index (χ0v) is 12.9. The Hall–Kier alpha value is -1.69. The van der Waals surface area contributed by atoms with Crippen molar-refractivity contribution in [2.75, 3.05) is 26.8 Å². The van der Waals surface area contributed by atoms with Gasteiger partial charge in [0.25, 0.3) is 5.91 Å². The van der Waals surface area contributed by atoms with Crippen LogP contribution in [0.4, 0.5) is 8.78 Å². The molecule has 0 bridgehead atoms. The molecule has 0 radical (unpaired) electrons. The number of ether oxygens (including phenoxy) is 1. The predicted octanol–water partition coefficient (Wildman–Crippen LogP) is 2.60. The largest absolute Gasteiger partial charge is 0.494 e. The van der Waals surface area contributed by atoms with Gasteiger partial charge in [0.1, 0.15) is 11.4 Å². The molecule has 0 unspecified atom stereocenters. The quantitative estimate of drug-likeness (QED) is 0.929. The number of piperidine rings is 1. The number of nitrogens with zero attached hydrogens (tertiary/aromatic N) is 1. The second kappa shape index (κ2) is 6.60. The van der Waals surface area contributed by atoms with Crippen LogP contribution in [0.15, 0.2) is 12.1 Å². The molecule has 1 aromatic rings. The Bertz CT molecular complexity index is 549. The third-order valence-electron chi connectivity index (χ3n) is 4.69. The fourth-order valence-electron chi connectivity index (χ4n) is 2.85. The van der Waals surface area contributed by atoms with Crippen molar-refractivity contribution >= 4 is 5.91 Å². The van der Waals surface area contributed by atoms with Gasteiger partial charge in [-0.25, -0.2) is 8.78 Å². The highest BCUT2D eigenvalue weighted by Gasteiger charge is 2.35. The third-order valence-corrected chi connectivity index (χ3v) is 4.69. The molecule has 1 aromatic carbocycles. The summed E-state index contributed by atoms with van der Waals surface area (Å²) in [7, 11) is 1.27. The highest BCUT2D eigenvalue weighted by molar-refractivity contribution is 5.95. The van der Waals surface area contributed by atoms with Crippen molar-refractivity contribution in [3.8, 4) is 5.75 Å². The summed E-state index contributed by atoms with van der Waals surface area (Å²) in [5.74, 6) is -2.68. The molecule has 0 aliphatic carbocycles. The van der Waals surface area contributed by atoms with Crippen molar-refractivity contribution in [1.82, 2.24) is 4.90 Å². The second-order valence-corrected chi connectivity index (χ2v) is 5.74. The average Bonchev–Trinajstić information content (AvgIpc) is 2.55. The molecule has 0 saturated carbocycles. The Kier molecular flexibility index (Phi) is 5.01. The number of hydrogen-bond donors (Lipinski definition) is 1. The van der Waals surface area contributed by atoms with Gasteiger partial charge in [-0.2, -0.15) is 0 Å². The van der Waals surface area contributed by atoms with E-state index in [-0.39, 0.29) is 17.8 Å². The predicted molar refractivity (Wildman–Crippen MR) is 77.9 cm³/mol. The number of carbonyl (C=O) groups excluding carboxylic acids is 1. The number of methoxy groups -OCH3 is 1. The van der Waals surface area contributed by atoms with Crippen LogP contribution in [0.25, 0.3) is 0 Å². The molecule has 0 aromatic heterocycles. The van der Waals surface area contributed by atoms with E-state index in [9.17, 15) is 18.7 Å². The van der Waals surface area contributed by atoms with Crippen molar-refractivity contribution in [2.24, 2.45) is 5.41 Å². The lowest BCUT2D eigenvalue weighted by Crippen LogP contribution is -2.44. The van der Waals surface area contributed by atoms with Crippen LogP contribution in [-0.2, 0) is 0 Å². The molecule has 0 atom stereocenters. The number of amides is 1. The third kappa shape index (κ3) is 2.92. The summed E-state index contributed by atoms with van der Waals surface area (Å²) >= 11 is 0. The molecule has 1 saturated heterocycles. The van der Waals surface area contributed by atoms with Crippen LogP contribution in [-0.4, -0.2) is 42.7 Å². The Labute approximate surface area is 128 Å². The van der Waals surface area contributed by atoms with Gasteiger partial charge in [-0.15, -0.1) is 0 Å². The number of benzene rings is 1. The monoisotopic (exact) mass is 313 g/mol. The zero-order valence-electron chi connectivity index (χ0n) is 12.9. The molecule has 4 nitrogen and oxygen atoms in total. The van der Waals surface area contributed by atoms with Gasteiger partial charge in [-0.05, 0) is 36.8 Å². The van der Waals surface area contributed by atoms with Gasteiger partial charge >= 0.3 is 0 Å². The molecule has 1 amide bonds. The van der Waals surface area contributed by atoms with E-state index < -0.39 is 23.1 Å².